The lowest BCUT2D eigenvalue weighted by molar-refractivity contribution is 0.414. The van der Waals surface area contributed by atoms with Crippen molar-refractivity contribution in [1.29, 1.82) is 0 Å². The van der Waals surface area contributed by atoms with E-state index in [1.165, 1.54) is 9.13 Å². The summed E-state index contributed by atoms with van der Waals surface area (Å²) >= 11 is 0. The molecule has 0 unspecified atom stereocenters. The molecule has 8 nitrogen and oxygen atoms in total. The van der Waals surface area contributed by atoms with Gasteiger partial charge in [-0.1, -0.05) is 24.3 Å². The molecule has 4 aromatic carbocycles. The van der Waals surface area contributed by atoms with Crippen LogP contribution in [0.5, 0.6) is 11.5 Å². The lowest BCUT2D eigenvalue weighted by Gasteiger charge is -2.18. The molecule has 2 heterocycles. The van der Waals surface area contributed by atoms with Gasteiger partial charge in [0.25, 0.3) is 11.1 Å². The number of benzene rings is 4. The van der Waals surface area contributed by atoms with E-state index in [0.717, 1.165) is 0 Å². The Bertz CT molecular complexity index is 1780. The van der Waals surface area contributed by atoms with Gasteiger partial charge in [-0.05, 0) is 72.8 Å². The molecule has 0 bridgehead atoms. The predicted molar refractivity (Wildman–Crippen MR) is 147 cm³/mol. The number of methoxy groups -OCH3 is 2. The Morgan fingerprint density at radius 3 is 1.26 bits per heavy atom. The maximum atomic E-state index is 13.9. The molecule has 0 saturated heterocycles. The summed E-state index contributed by atoms with van der Waals surface area (Å²) in [5, 5.41) is 0.900. The van der Waals surface area contributed by atoms with Gasteiger partial charge in [-0.3, -0.25) is 18.7 Å². The molecule has 0 N–H and O–H groups in total. The lowest BCUT2D eigenvalue weighted by Crippen LogP contribution is -2.27. The van der Waals surface area contributed by atoms with Crippen LogP contribution in [0.2, 0.25) is 0 Å². The molecule has 2 aromatic heterocycles. The summed E-state index contributed by atoms with van der Waals surface area (Å²) < 4.78 is 13.6. The van der Waals surface area contributed by atoms with Crippen molar-refractivity contribution in [2.75, 3.05) is 14.2 Å². The molecule has 0 aliphatic heterocycles. The normalized spacial score (nSPS) is 11.1. The highest BCUT2D eigenvalue weighted by Gasteiger charge is 2.22. The largest absolute Gasteiger partial charge is 0.497 e. The first-order chi connectivity index (χ1) is 18.6. The molecule has 0 spiro atoms. The smallest absolute Gasteiger partial charge is 0.266 e. The molecule has 0 fully saturated rings. The van der Waals surface area contributed by atoms with E-state index < -0.39 is 0 Å². The molecule has 0 amide bonds. The van der Waals surface area contributed by atoms with Crippen molar-refractivity contribution >= 4 is 21.8 Å². The minimum atomic E-state index is -0.278. The number of ether oxygens (including phenoxy) is 2. The summed E-state index contributed by atoms with van der Waals surface area (Å²) in [6, 6.07) is 28.4. The molecule has 186 valence electrons. The van der Waals surface area contributed by atoms with Gasteiger partial charge in [-0.2, -0.15) is 0 Å². The summed E-state index contributed by atoms with van der Waals surface area (Å²) in [4.78, 5) is 37.6. The molecular weight excluding hydrogens is 480 g/mol. The van der Waals surface area contributed by atoms with Crippen LogP contribution in [0.15, 0.2) is 107 Å². The first kappa shape index (κ1) is 23.2. The Labute approximate surface area is 217 Å². The van der Waals surface area contributed by atoms with E-state index in [1.54, 1.807) is 99.1 Å². The third-order valence-electron chi connectivity index (χ3n) is 6.41. The van der Waals surface area contributed by atoms with E-state index in [1.807, 2.05) is 12.1 Å². The van der Waals surface area contributed by atoms with Crippen LogP contribution in [0.1, 0.15) is 0 Å². The number of aromatic nitrogens is 4. The Kier molecular flexibility index (Phi) is 5.69. The average molecular weight is 503 g/mol. The lowest BCUT2D eigenvalue weighted by atomic mass is 10.2. The quantitative estimate of drug-likeness (QED) is 0.338. The molecule has 0 saturated carbocycles. The van der Waals surface area contributed by atoms with Gasteiger partial charge in [-0.15, -0.1) is 0 Å². The van der Waals surface area contributed by atoms with E-state index in [0.29, 0.717) is 44.7 Å². The fourth-order valence-corrected chi connectivity index (χ4v) is 4.51. The van der Waals surface area contributed by atoms with E-state index >= 15 is 0 Å². The van der Waals surface area contributed by atoms with Crippen LogP contribution in [-0.2, 0) is 0 Å². The van der Waals surface area contributed by atoms with Gasteiger partial charge >= 0.3 is 0 Å². The van der Waals surface area contributed by atoms with Gasteiger partial charge in [0, 0.05) is 0 Å². The summed E-state index contributed by atoms with van der Waals surface area (Å²) in [5.74, 6) is 1.77. The summed E-state index contributed by atoms with van der Waals surface area (Å²) in [6.45, 7) is 0. The minimum absolute atomic E-state index is 0.234. The zero-order valence-electron chi connectivity index (χ0n) is 20.7. The topological polar surface area (TPSA) is 88.2 Å². The SMILES string of the molecule is COc1ccc(-n2c(-c3nc4ccccc4c(=O)n3-c3ccc(OC)cc3)nc3ccccc3c2=O)cc1. The fourth-order valence-electron chi connectivity index (χ4n) is 4.51. The van der Waals surface area contributed by atoms with Crippen molar-refractivity contribution in [1.82, 2.24) is 19.1 Å². The number of rotatable bonds is 5. The number of hydrogen-bond acceptors (Lipinski definition) is 6. The average Bonchev–Trinajstić information content (AvgIpc) is 2.97. The van der Waals surface area contributed by atoms with Crippen LogP contribution in [0.3, 0.4) is 0 Å². The van der Waals surface area contributed by atoms with Crippen molar-refractivity contribution < 1.29 is 9.47 Å². The first-order valence-corrected chi connectivity index (χ1v) is 11.9. The number of fused-ring (bicyclic) bond motifs is 2. The Morgan fingerprint density at radius 2 is 0.895 bits per heavy atom. The molecular formula is C30H22N4O4. The summed E-state index contributed by atoms with van der Waals surface area (Å²) in [6.07, 6.45) is 0. The zero-order valence-corrected chi connectivity index (χ0v) is 20.7. The molecule has 0 aliphatic carbocycles. The maximum absolute atomic E-state index is 13.9. The maximum Gasteiger partial charge on any atom is 0.266 e. The highest BCUT2D eigenvalue weighted by molar-refractivity contribution is 5.82. The van der Waals surface area contributed by atoms with Gasteiger partial charge in [0.05, 0.1) is 47.4 Å². The highest BCUT2D eigenvalue weighted by atomic mass is 16.5. The molecule has 0 aliphatic rings. The number of para-hydroxylation sites is 2. The second kappa shape index (κ2) is 9.33. The van der Waals surface area contributed by atoms with Crippen LogP contribution in [0, 0.1) is 0 Å². The number of nitrogens with zero attached hydrogens (tertiary/aromatic N) is 4. The van der Waals surface area contributed by atoms with Gasteiger partial charge in [0.2, 0.25) is 0 Å². The van der Waals surface area contributed by atoms with E-state index in [4.69, 9.17) is 19.4 Å². The van der Waals surface area contributed by atoms with Gasteiger partial charge in [-0.25, -0.2) is 9.97 Å². The van der Waals surface area contributed by atoms with Crippen molar-refractivity contribution in [3.63, 3.8) is 0 Å². The standard InChI is InChI=1S/C30H22N4O4/c1-37-21-15-11-19(12-16-21)33-27(31-25-9-5-3-7-23(25)29(33)35)28-32-26-10-6-4-8-24(26)30(36)34(28)20-13-17-22(38-2)18-14-20/h3-18H,1-2H3. The highest BCUT2D eigenvalue weighted by Crippen LogP contribution is 2.26. The molecule has 0 atom stereocenters. The third-order valence-corrected chi connectivity index (χ3v) is 6.41. The minimum Gasteiger partial charge on any atom is -0.497 e. The Morgan fingerprint density at radius 1 is 0.526 bits per heavy atom. The van der Waals surface area contributed by atoms with Gasteiger partial charge < -0.3 is 9.47 Å². The fraction of sp³-hybridized carbons (Fsp3) is 0.0667. The van der Waals surface area contributed by atoms with E-state index in [2.05, 4.69) is 0 Å². The van der Waals surface area contributed by atoms with Crippen molar-refractivity contribution in [2.45, 2.75) is 0 Å². The van der Waals surface area contributed by atoms with Crippen molar-refractivity contribution in [3.8, 4) is 34.5 Å². The summed E-state index contributed by atoms with van der Waals surface area (Å²) in [7, 11) is 3.16. The molecule has 0 radical (unpaired) electrons. The van der Waals surface area contributed by atoms with Crippen LogP contribution >= 0.6 is 0 Å². The zero-order chi connectivity index (χ0) is 26.2. The van der Waals surface area contributed by atoms with E-state index in [-0.39, 0.29) is 22.8 Å². The molecule has 38 heavy (non-hydrogen) atoms. The number of hydrogen-bond donors (Lipinski definition) is 0. The molecule has 6 aromatic rings. The van der Waals surface area contributed by atoms with Crippen LogP contribution in [0.4, 0.5) is 0 Å². The van der Waals surface area contributed by atoms with E-state index in [9.17, 15) is 9.59 Å². The second-order valence-electron chi connectivity index (χ2n) is 8.58. The van der Waals surface area contributed by atoms with Crippen LogP contribution in [-0.4, -0.2) is 33.3 Å². The summed E-state index contributed by atoms with van der Waals surface area (Å²) in [5.41, 5.74) is 1.57. The van der Waals surface area contributed by atoms with Crippen LogP contribution < -0.4 is 20.6 Å². The monoisotopic (exact) mass is 502 g/mol. The van der Waals surface area contributed by atoms with Gasteiger partial charge in [0.15, 0.2) is 11.6 Å². The van der Waals surface area contributed by atoms with Gasteiger partial charge in [0.1, 0.15) is 11.5 Å². The van der Waals surface area contributed by atoms with Crippen LogP contribution in [0.25, 0.3) is 44.8 Å². The Balaban J connectivity index is 1.75. The first-order valence-electron chi connectivity index (χ1n) is 11.9. The Hall–Kier alpha value is -5.24. The van der Waals surface area contributed by atoms with Crippen molar-refractivity contribution in [3.05, 3.63) is 118 Å². The predicted octanol–water partition coefficient (Wildman–Crippen LogP) is 4.77. The third kappa shape index (κ3) is 3.79. The molecule has 8 heteroatoms. The second-order valence-corrected chi connectivity index (χ2v) is 8.58. The van der Waals surface area contributed by atoms with Crippen molar-refractivity contribution in [2.24, 2.45) is 0 Å². The molecule has 6 rings (SSSR count).